The molecule has 2 heterocycles. The fourth-order valence-electron chi connectivity index (χ4n) is 1.90. The molecule has 0 unspecified atom stereocenters. The second kappa shape index (κ2) is 4.53. The molecule has 18 heavy (non-hydrogen) atoms. The van der Waals surface area contributed by atoms with Gasteiger partial charge in [-0.05, 0) is 42.2 Å². The van der Waals surface area contributed by atoms with Crippen molar-refractivity contribution in [3.63, 3.8) is 0 Å². The topological polar surface area (TPSA) is 61.9 Å². The molecule has 5 nitrogen and oxygen atoms in total. The average molecular weight is 262 g/mol. The van der Waals surface area contributed by atoms with E-state index in [1.165, 1.54) is 5.56 Å². The highest BCUT2D eigenvalue weighted by atomic mass is 32.1. The maximum atomic E-state index is 12.4. The lowest BCUT2D eigenvalue weighted by Crippen LogP contribution is -2.33. The molecule has 1 aliphatic rings. The van der Waals surface area contributed by atoms with Crippen molar-refractivity contribution in [1.82, 2.24) is 20.1 Å². The van der Waals surface area contributed by atoms with E-state index in [1.54, 1.807) is 18.3 Å². The Hall–Kier alpha value is -1.69. The van der Waals surface area contributed by atoms with Crippen LogP contribution in [0.25, 0.3) is 0 Å². The predicted molar refractivity (Wildman–Crippen MR) is 68.3 cm³/mol. The minimum absolute atomic E-state index is 0.0759. The van der Waals surface area contributed by atoms with Gasteiger partial charge in [-0.3, -0.25) is 9.89 Å². The van der Waals surface area contributed by atoms with Gasteiger partial charge in [0.15, 0.2) is 0 Å². The van der Waals surface area contributed by atoms with Crippen molar-refractivity contribution in [3.05, 3.63) is 34.0 Å². The number of amides is 1. The minimum atomic E-state index is -0.0759. The highest BCUT2D eigenvalue weighted by molar-refractivity contribution is 7.07. The van der Waals surface area contributed by atoms with Gasteiger partial charge in [-0.15, -0.1) is 5.10 Å². The zero-order valence-electron chi connectivity index (χ0n) is 10.1. The molecule has 0 aromatic carbocycles. The zero-order chi connectivity index (χ0) is 12.5. The van der Waals surface area contributed by atoms with Gasteiger partial charge in [0.25, 0.3) is 5.91 Å². The number of thiophene rings is 1. The molecule has 0 atom stereocenters. The summed E-state index contributed by atoms with van der Waals surface area (Å²) in [6.45, 7) is 2.45. The molecule has 1 N–H and O–H groups in total. The van der Waals surface area contributed by atoms with Crippen LogP contribution >= 0.6 is 11.3 Å². The number of H-pyrrole nitrogens is 1. The van der Waals surface area contributed by atoms with Crippen LogP contribution in [0.4, 0.5) is 0 Å². The number of hydrogen-bond acceptors (Lipinski definition) is 4. The number of carbonyl (C=O) groups is 1. The summed E-state index contributed by atoms with van der Waals surface area (Å²) in [7, 11) is 0. The molecule has 2 aromatic heterocycles. The van der Waals surface area contributed by atoms with E-state index in [2.05, 4.69) is 26.6 Å². The first-order chi connectivity index (χ1) is 8.74. The number of aromatic nitrogens is 3. The van der Waals surface area contributed by atoms with Crippen LogP contribution < -0.4 is 0 Å². The van der Waals surface area contributed by atoms with Crippen LogP contribution in [0.3, 0.4) is 0 Å². The molecule has 0 aliphatic heterocycles. The number of carbonyl (C=O) groups excluding carboxylic acids is 1. The zero-order valence-corrected chi connectivity index (χ0v) is 10.9. The van der Waals surface area contributed by atoms with Gasteiger partial charge in [-0.1, -0.05) is 0 Å². The van der Waals surface area contributed by atoms with E-state index in [9.17, 15) is 4.79 Å². The molecule has 6 heteroatoms. The maximum absolute atomic E-state index is 12.4. The van der Waals surface area contributed by atoms with Gasteiger partial charge in [0.05, 0.1) is 0 Å². The van der Waals surface area contributed by atoms with Crippen molar-refractivity contribution >= 4 is 17.2 Å². The van der Waals surface area contributed by atoms with E-state index in [-0.39, 0.29) is 11.7 Å². The largest absolute Gasteiger partial charge is 0.329 e. The Balaban J connectivity index is 1.79. The van der Waals surface area contributed by atoms with Crippen molar-refractivity contribution in [2.24, 2.45) is 0 Å². The van der Waals surface area contributed by atoms with Crippen LogP contribution in [-0.2, 0) is 6.54 Å². The van der Waals surface area contributed by atoms with Crippen LogP contribution in [0.15, 0.2) is 16.8 Å². The van der Waals surface area contributed by atoms with E-state index in [0.29, 0.717) is 18.4 Å². The van der Waals surface area contributed by atoms with E-state index in [0.717, 1.165) is 12.8 Å². The molecule has 94 valence electrons. The monoisotopic (exact) mass is 262 g/mol. The lowest BCUT2D eigenvalue weighted by Gasteiger charge is -2.20. The number of nitrogens with zero attached hydrogens (tertiary/aromatic N) is 3. The number of aromatic amines is 1. The smallest absolute Gasteiger partial charge is 0.294 e. The third-order valence-corrected chi connectivity index (χ3v) is 3.70. The molecular weight excluding hydrogens is 248 g/mol. The van der Waals surface area contributed by atoms with Crippen molar-refractivity contribution in [2.75, 3.05) is 0 Å². The third-order valence-electron chi connectivity index (χ3n) is 2.97. The van der Waals surface area contributed by atoms with Crippen molar-refractivity contribution in [3.8, 4) is 0 Å². The Bertz CT molecular complexity index is 544. The summed E-state index contributed by atoms with van der Waals surface area (Å²) in [6.07, 6.45) is 2.17. The molecule has 3 rings (SSSR count). The van der Waals surface area contributed by atoms with E-state index >= 15 is 0 Å². The highest BCUT2D eigenvalue weighted by Crippen LogP contribution is 2.29. The molecule has 2 aromatic rings. The lowest BCUT2D eigenvalue weighted by atomic mass is 10.3. The SMILES string of the molecule is Cc1nc(C(=O)N(Cc2ccsc2)C2CC2)n[nH]1. The summed E-state index contributed by atoms with van der Waals surface area (Å²) >= 11 is 1.65. The number of aryl methyl sites for hydroxylation is 1. The summed E-state index contributed by atoms with van der Waals surface area (Å²) in [4.78, 5) is 18.3. The number of hydrogen-bond donors (Lipinski definition) is 1. The van der Waals surface area contributed by atoms with Gasteiger partial charge in [0.1, 0.15) is 5.82 Å². The second-order valence-electron chi connectivity index (χ2n) is 4.54. The van der Waals surface area contributed by atoms with Crippen molar-refractivity contribution in [1.29, 1.82) is 0 Å². The van der Waals surface area contributed by atoms with Gasteiger partial charge in [0, 0.05) is 12.6 Å². The van der Waals surface area contributed by atoms with Crippen LogP contribution in [0.2, 0.25) is 0 Å². The predicted octanol–water partition coefficient (Wildman–Crippen LogP) is 1.98. The minimum Gasteiger partial charge on any atom is -0.329 e. The molecule has 0 spiro atoms. The number of nitrogens with one attached hydrogen (secondary N) is 1. The van der Waals surface area contributed by atoms with Gasteiger partial charge in [-0.2, -0.15) is 11.3 Å². The van der Waals surface area contributed by atoms with E-state index in [1.807, 2.05) is 10.3 Å². The first kappa shape index (κ1) is 11.4. The van der Waals surface area contributed by atoms with Crippen molar-refractivity contribution < 1.29 is 4.79 Å². The third kappa shape index (κ3) is 2.28. The molecule has 0 saturated heterocycles. The van der Waals surface area contributed by atoms with Crippen LogP contribution in [-0.4, -0.2) is 32.0 Å². The molecule has 1 amide bonds. The Morgan fingerprint density at radius 2 is 2.44 bits per heavy atom. The number of rotatable bonds is 4. The molecular formula is C12H14N4OS. The molecule has 0 radical (unpaired) electrons. The Labute approximate surface area is 109 Å². The Morgan fingerprint density at radius 3 is 3.00 bits per heavy atom. The second-order valence-corrected chi connectivity index (χ2v) is 5.32. The Kier molecular flexibility index (Phi) is 2.87. The van der Waals surface area contributed by atoms with Gasteiger partial charge < -0.3 is 4.90 Å². The summed E-state index contributed by atoms with van der Waals surface area (Å²) in [5.74, 6) is 0.868. The molecule has 1 aliphatic carbocycles. The summed E-state index contributed by atoms with van der Waals surface area (Å²) in [5, 5.41) is 10.8. The van der Waals surface area contributed by atoms with E-state index < -0.39 is 0 Å². The maximum Gasteiger partial charge on any atom is 0.294 e. The normalized spacial score (nSPS) is 14.7. The van der Waals surface area contributed by atoms with Crippen molar-refractivity contribution in [2.45, 2.75) is 32.4 Å². The highest BCUT2D eigenvalue weighted by Gasteiger charge is 2.34. The molecule has 0 bridgehead atoms. The fourth-order valence-corrected chi connectivity index (χ4v) is 2.56. The van der Waals surface area contributed by atoms with Crippen LogP contribution in [0, 0.1) is 6.92 Å². The van der Waals surface area contributed by atoms with Gasteiger partial charge in [-0.25, -0.2) is 4.98 Å². The summed E-state index contributed by atoms with van der Waals surface area (Å²) in [5.41, 5.74) is 1.17. The average Bonchev–Trinajstić information content (AvgIpc) is 2.88. The first-order valence-corrected chi connectivity index (χ1v) is 6.89. The van der Waals surface area contributed by atoms with E-state index in [4.69, 9.17) is 0 Å². The van der Waals surface area contributed by atoms with Crippen LogP contribution in [0.1, 0.15) is 34.8 Å². The van der Waals surface area contributed by atoms with Crippen LogP contribution in [0.5, 0.6) is 0 Å². The molecule has 1 fully saturated rings. The summed E-state index contributed by atoms with van der Waals surface area (Å²) in [6, 6.07) is 2.41. The quantitative estimate of drug-likeness (QED) is 0.916. The summed E-state index contributed by atoms with van der Waals surface area (Å²) < 4.78 is 0. The molecule has 1 saturated carbocycles. The standard InChI is InChI=1S/C12H14N4OS/c1-8-13-11(15-14-8)12(17)16(10-2-3-10)6-9-4-5-18-7-9/h4-5,7,10H,2-3,6H2,1H3,(H,13,14,15). The van der Waals surface area contributed by atoms with Gasteiger partial charge in [0.2, 0.25) is 5.82 Å². The Morgan fingerprint density at radius 1 is 1.61 bits per heavy atom. The van der Waals surface area contributed by atoms with Gasteiger partial charge >= 0.3 is 0 Å². The first-order valence-electron chi connectivity index (χ1n) is 5.95. The lowest BCUT2D eigenvalue weighted by molar-refractivity contribution is 0.0718. The fraction of sp³-hybridized carbons (Fsp3) is 0.417.